The lowest BCUT2D eigenvalue weighted by Crippen LogP contribution is -2.28. The van der Waals surface area contributed by atoms with Crippen molar-refractivity contribution in [2.45, 2.75) is 25.8 Å². The van der Waals surface area contributed by atoms with Gasteiger partial charge in [0.1, 0.15) is 11.0 Å². The Morgan fingerprint density at radius 3 is 3.00 bits per heavy atom. The molecule has 0 radical (unpaired) electrons. The number of hydrogen-bond donors (Lipinski definition) is 2. The molecule has 0 aliphatic carbocycles. The Morgan fingerprint density at radius 1 is 1.53 bits per heavy atom. The zero-order valence-corrected chi connectivity index (χ0v) is 10.3. The summed E-state index contributed by atoms with van der Waals surface area (Å²) < 4.78 is 4.28. The molecule has 17 heavy (non-hydrogen) atoms. The number of benzene rings is 1. The molecule has 4 nitrogen and oxygen atoms in total. The van der Waals surface area contributed by atoms with Crippen molar-refractivity contribution < 1.29 is 9.90 Å². The van der Waals surface area contributed by atoms with Crippen molar-refractivity contribution in [2.75, 3.05) is 5.32 Å². The van der Waals surface area contributed by atoms with Gasteiger partial charge in [-0.05, 0) is 30.1 Å². The summed E-state index contributed by atoms with van der Waals surface area (Å²) in [6, 6.07) is 7.19. The van der Waals surface area contributed by atoms with E-state index in [0.717, 1.165) is 22.3 Å². The number of carboxylic acid groups (broad SMARTS) is 1. The number of nitrogens with one attached hydrogen (secondary N) is 1. The first-order valence-electron chi connectivity index (χ1n) is 5.56. The van der Waals surface area contributed by atoms with Crippen molar-refractivity contribution >= 4 is 33.4 Å². The van der Waals surface area contributed by atoms with Crippen LogP contribution in [0.5, 0.6) is 0 Å². The van der Waals surface area contributed by atoms with Crippen molar-refractivity contribution in [3.8, 4) is 0 Å². The summed E-state index contributed by atoms with van der Waals surface area (Å²) in [5.74, 6) is -0.815. The van der Waals surface area contributed by atoms with Gasteiger partial charge in [-0.25, -0.2) is 4.79 Å². The van der Waals surface area contributed by atoms with Crippen molar-refractivity contribution in [1.82, 2.24) is 4.37 Å². The third kappa shape index (κ3) is 2.55. The molecule has 2 rings (SSSR count). The third-order valence-corrected chi connectivity index (χ3v) is 3.37. The van der Waals surface area contributed by atoms with E-state index in [4.69, 9.17) is 5.11 Å². The zero-order chi connectivity index (χ0) is 12.3. The van der Waals surface area contributed by atoms with Gasteiger partial charge in [0, 0.05) is 5.39 Å². The van der Waals surface area contributed by atoms with Crippen LogP contribution in [-0.4, -0.2) is 21.5 Å². The SMILES string of the molecule is CCCC(Nc1snc2ccccc12)C(=O)O. The van der Waals surface area contributed by atoms with E-state index in [-0.39, 0.29) is 0 Å². The van der Waals surface area contributed by atoms with Crippen LogP contribution in [0.15, 0.2) is 24.3 Å². The molecule has 1 atom stereocenters. The molecule has 1 heterocycles. The molecule has 2 N–H and O–H groups in total. The molecular formula is C12H14N2O2S. The highest BCUT2D eigenvalue weighted by Crippen LogP contribution is 2.28. The van der Waals surface area contributed by atoms with Gasteiger partial charge in [-0.15, -0.1) is 0 Å². The van der Waals surface area contributed by atoms with Crippen LogP contribution in [0.1, 0.15) is 19.8 Å². The third-order valence-electron chi connectivity index (χ3n) is 2.56. The molecule has 1 aromatic heterocycles. The molecule has 1 aromatic carbocycles. The Labute approximate surface area is 103 Å². The van der Waals surface area contributed by atoms with Gasteiger partial charge in [-0.3, -0.25) is 0 Å². The highest BCUT2D eigenvalue weighted by atomic mass is 32.1. The van der Waals surface area contributed by atoms with E-state index in [1.165, 1.54) is 11.5 Å². The molecule has 0 saturated heterocycles. The minimum absolute atomic E-state index is 0.538. The van der Waals surface area contributed by atoms with E-state index in [0.29, 0.717) is 6.42 Å². The molecule has 0 amide bonds. The van der Waals surface area contributed by atoms with Crippen molar-refractivity contribution in [3.05, 3.63) is 24.3 Å². The summed E-state index contributed by atoms with van der Waals surface area (Å²) in [6.45, 7) is 1.97. The quantitative estimate of drug-likeness (QED) is 0.856. The van der Waals surface area contributed by atoms with Crippen LogP contribution in [0, 0.1) is 0 Å². The minimum Gasteiger partial charge on any atom is -0.480 e. The van der Waals surface area contributed by atoms with Crippen molar-refractivity contribution in [2.24, 2.45) is 0 Å². The predicted octanol–water partition coefficient (Wildman–Crippen LogP) is 2.96. The normalized spacial score (nSPS) is 12.5. The fourth-order valence-electron chi connectivity index (χ4n) is 1.70. The van der Waals surface area contributed by atoms with Crippen molar-refractivity contribution in [1.29, 1.82) is 0 Å². The molecule has 0 aliphatic heterocycles. The summed E-state index contributed by atoms with van der Waals surface area (Å²) >= 11 is 1.31. The van der Waals surface area contributed by atoms with Crippen LogP contribution in [-0.2, 0) is 4.79 Å². The van der Waals surface area contributed by atoms with Crippen LogP contribution < -0.4 is 5.32 Å². The Morgan fingerprint density at radius 2 is 2.29 bits per heavy atom. The van der Waals surface area contributed by atoms with Crippen molar-refractivity contribution in [3.63, 3.8) is 0 Å². The standard InChI is InChI=1S/C12H14N2O2S/c1-2-5-10(12(15)16)13-11-8-6-3-4-7-9(8)14-17-11/h3-4,6-7,10,13H,2,5H2,1H3,(H,15,16). The molecule has 0 bridgehead atoms. The summed E-state index contributed by atoms with van der Waals surface area (Å²) in [7, 11) is 0. The molecule has 2 aromatic rings. The fourth-order valence-corrected chi connectivity index (χ4v) is 2.51. The molecular weight excluding hydrogens is 236 g/mol. The zero-order valence-electron chi connectivity index (χ0n) is 9.51. The molecule has 90 valence electrons. The number of fused-ring (bicyclic) bond motifs is 1. The minimum atomic E-state index is -0.815. The summed E-state index contributed by atoms with van der Waals surface area (Å²) in [4.78, 5) is 11.1. The number of aliphatic carboxylic acids is 1. The molecule has 0 spiro atoms. The number of hydrogen-bond acceptors (Lipinski definition) is 4. The largest absolute Gasteiger partial charge is 0.480 e. The van der Waals surface area contributed by atoms with Gasteiger partial charge in [0.2, 0.25) is 0 Å². The van der Waals surface area contributed by atoms with Crippen LogP contribution in [0.2, 0.25) is 0 Å². The second kappa shape index (κ2) is 5.14. The van der Waals surface area contributed by atoms with Gasteiger partial charge in [0.25, 0.3) is 0 Å². The lowest BCUT2D eigenvalue weighted by molar-refractivity contribution is -0.138. The lowest BCUT2D eigenvalue weighted by atomic mass is 10.1. The first kappa shape index (κ1) is 11.9. The number of nitrogens with zero attached hydrogens (tertiary/aromatic N) is 1. The molecule has 0 fully saturated rings. The van der Waals surface area contributed by atoms with Gasteiger partial charge in [-0.1, -0.05) is 25.5 Å². The summed E-state index contributed by atoms with van der Waals surface area (Å²) in [5, 5.41) is 14.0. The van der Waals surface area contributed by atoms with Crippen LogP contribution in [0.3, 0.4) is 0 Å². The van der Waals surface area contributed by atoms with Gasteiger partial charge in [0.15, 0.2) is 0 Å². The first-order valence-corrected chi connectivity index (χ1v) is 6.33. The maximum atomic E-state index is 11.1. The lowest BCUT2D eigenvalue weighted by Gasteiger charge is -2.12. The first-order chi connectivity index (χ1) is 8.22. The van der Waals surface area contributed by atoms with Crippen LogP contribution in [0.4, 0.5) is 5.00 Å². The maximum Gasteiger partial charge on any atom is 0.326 e. The van der Waals surface area contributed by atoms with E-state index >= 15 is 0 Å². The Balaban J connectivity index is 2.25. The second-order valence-corrected chi connectivity index (χ2v) is 4.63. The topological polar surface area (TPSA) is 62.2 Å². The van der Waals surface area contributed by atoms with E-state index in [1.807, 2.05) is 31.2 Å². The average Bonchev–Trinajstić information content (AvgIpc) is 2.72. The van der Waals surface area contributed by atoms with Crippen LogP contribution in [0.25, 0.3) is 10.9 Å². The molecule has 1 unspecified atom stereocenters. The smallest absolute Gasteiger partial charge is 0.326 e. The monoisotopic (exact) mass is 250 g/mol. The molecule has 0 aliphatic rings. The van der Waals surface area contributed by atoms with Gasteiger partial charge in [-0.2, -0.15) is 4.37 Å². The molecule has 0 saturated carbocycles. The highest BCUT2D eigenvalue weighted by Gasteiger charge is 2.18. The van der Waals surface area contributed by atoms with Gasteiger partial charge in [0.05, 0.1) is 5.52 Å². The van der Waals surface area contributed by atoms with Crippen LogP contribution >= 0.6 is 11.5 Å². The Bertz CT molecular complexity index is 524. The molecule has 5 heteroatoms. The Hall–Kier alpha value is -1.62. The second-order valence-electron chi connectivity index (χ2n) is 3.85. The number of aromatic nitrogens is 1. The van der Waals surface area contributed by atoms with Gasteiger partial charge < -0.3 is 10.4 Å². The van der Waals surface area contributed by atoms with E-state index in [1.54, 1.807) is 0 Å². The predicted molar refractivity (Wildman–Crippen MR) is 69.6 cm³/mol. The summed E-state index contributed by atoms with van der Waals surface area (Å²) in [6.07, 6.45) is 1.45. The number of carboxylic acids is 1. The van der Waals surface area contributed by atoms with Gasteiger partial charge >= 0.3 is 5.97 Å². The van der Waals surface area contributed by atoms with E-state index in [9.17, 15) is 4.79 Å². The average molecular weight is 250 g/mol. The number of carbonyl (C=O) groups is 1. The van der Waals surface area contributed by atoms with E-state index in [2.05, 4.69) is 9.69 Å². The number of rotatable bonds is 5. The number of anilines is 1. The maximum absolute atomic E-state index is 11.1. The fraction of sp³-hybridized carbons (Fsp3) is 0.333. The Kier molecular flexibility index (Phi) is 3.58. The summed E-state index contributed by atoms with van der Waals surface area (Å²) in [5.41, 5.74) is 0.903. The highest BCUT2D eigenvalue weighted by molar-refractivity contribution is 7.11. The van der Waals surface area contributed by atoms with E-state index < -0.39 is 12.0 Å².